The third kappa shape index (κ3) is 5.67. The Kier molecular flexibility index (Phi) is 8.44. The Bertz CT molecular complexity index is 2210. The van der Waals surface area contributed by atoms with Crippen LogP contribution in [0.2, 0.25) is 0 Å². The summed E-state index contributed by atoms with van der Waals surface area (Å²) in [5.74, 6) is 0.0144. The van der Waals surface area contributed by atoms with E-state index in [0.717, 1.165) is 27.8 Å². The van der Waals surface area contributed by atoms with Crippen molar-refractivity contribution in [3.63, 3.8) is 0 Å². The SMILES string of the molecule is COc1nnc(-c2ccccc2)c(-c2ccccc2)c1C(=O)c1cccc(-c2c(OC)nnc(-c3ccccc3)c2-c2ccccc2)n1. The van der Waals surface area contributed by atoms with Gasteiger partial charge in [-0.2, -0.15) is 0 Å². The minimum absolute atomic E-state index is 0.102. The van der Waals surface area contributed by atoms with Gasteiger partial charge >= 0.3 is 0 Å². The molecule has 8 nitrogen and oxygen atoms in total. The summed E-state index contributed by atoms with van der Waals surface area (Å²) < 4.78 is 11.5. The van der Waals surface area contributed by atoms with Crippen LogP contribution in [-0.4, -0.2) is 45.4 Å². The average molecular weight is 628 g/mol. The number of ether oxygens (including phenoxy) is 2. The number of hydrogen-bond acceptors (Lipinski definition) is 8. The van der Waals surface area contributed by atoms with E-state index in [4.69, 9.17) is 14.5 Å². The lowest BCUT2D eigenvalue weighted by Crippen LogP contribution is -2.12. The molecule has 0 aliphatic heterocycles. The summed E-state index contributed by atoms with van der Waals surface area (Å²) in [6.45, 7) is 0. The smallest absolute Gasteiger partial charge is 0.245 e. The van der Waals surface area contributed by atoms with Gasteiger partial charge in [-0.25, -0.2) is 4.98 Å². The fourth-order valence-electron chi connectivity index (χ4n) is 5.77. The molecule has 0 saturated heterocycles. The van der Waals surface area contributed by atoms with Crippen LogP contribution in [-0.2, 0) is 0 Å². The number of ketones is 1. The van der Waals surface area contributed by atoms with Crippen molar-refractivity contribution in [3.8, 4) is 67.8 Å². The molecule has 0 saturated carbocycles. The Morgan fingerprint density at radius 3 is 1.44 bits per heavy atom. The van der Waals surface area contributed by atoms with Crippen molar-refractivity contribution in [1.29, 1.82) is 0 Å². The molecule has 0 N–H and O–H groups in total. The first-order chi connectivity index (χ1) is 23.7. The van der Waals surface area contributed by atoms with Crippen molar-refractivity contribution in [2.24, 2.45) is 0 Å². The van der Waals surface area contributed by atoms with Crippen LogP contribution in [0.5, 0.6) is 11.8 Å². The largest absolute Gasteiger partial charge is 0.479 e. The first-order valence-corrected chi connectivity index (χ1v) is 15.3. The first-order valence-electron chi connectivity index (χ1n) is 15.3. The number of pyridine rings is 1. The number of methoxy groups -OCH3 is 2. The normalized spacial score (nSPS) is 10.8. The maximum Gasteiger partial charge on any atom is 0.245 e. The molecule has 0 fully saturated rings. The van der Waals surface area contributed by atoms with Crippen molar-refractivity contribution in [2.75, 3.05) is 14.2 Å². The van der Waals surface area contributed by atoms with Crippen LogP contribution >= 0.6 is 0 Å². The fraction of sp³-hybridized carbons (Fsp3) is 0.0500. The van der Waals surface area contributed by atoms with Gasteiger partial charge in [-0.05, 0) is 23.3 Å². The molecule has 4 aromatic carbocycles. The number of nitrogens with zero attached hydrogens (tertiary/aromatic N) is 5. The van der Waals surface area contributed by atoms with E-state index in [-0.39, 0.29) is 28.8 Å². The summed E-state index contributed by atoms with van der Waals surface area (Å²) >= 11 is 0. The van der Waals surface area contributed by atoms with Crippen LogP contribution in [0.4, 0.5) is 0 Å². The molecule has 0 atom stereocenters. The maximum absolute atomic E-state index is 14.7. The average Bonchev–Trinajstić information content (AvgIpc) is 3.17. The molecule has 48 heavy (non-hydrogen) atoms. The quantitative estimate of drug-likeness (QED) is 0.148. The number of hydrogen-bond donors (Lipinski definition) is 0. The van der Waals surface area contributed by atoms with Gasteiger partial charge < -0.3 is 9.47 Å². The van der Waals surface area contributed by atoms with Crippen molar-refractivity contribution in [2.45, 2.75) is 0 Å². The van der Waals surface area contributed by atoms with Crippen LogP contribution in [0.25, 0.3) is 56.0 Å². The third-order valence-corrected chi connectivity index (χ3v) is 7.95. The fourth-order valence-corrected chi connectivity index (χ4v) is 5.77. The van der Waals surface area contributed by atoms with Gasteiger partial charge in [-0.3, -0.25) is 4.79 Å². The van der Waals surface area contributed by atoms with Crippen LogP contribution in [0, 0.1) is 0 Å². The maximum atomic E-state index is 14.7. The summed E-state index contributed by atoms with van der Waals surface area (Å²) in [7, 11) is 3.02. The highest BCUT2D eigenvalue weighted by Gasteiger charge is 2.28. The third-order valence-electron chi connectivity index (χ3n) is 7.95. The zero-order chi connectivity index (χ0) is 32.9. The molecule has 7 rings (SSSR count). The molecule has 0 radical (unpaired) electrons. The Labute approximate surface area is 277 Å². The Balaban J connectivity index is 1.46. The summed E-state index contributed by atoms with van der Waals surface area (Å²) in [6.07, 6.45) is 0. The first kappa shape index (κ1) is 30.1. The van der Waals surface area contributed by atoms with E-state index in [2.05, 4.69) is 20.4 Å². The van der Waals surface area contributed by atoms with Gasteiger partial charge in [0, 0.05) is 22.3 Å². The molecule has 0 unspecified atom stereocenters. The molecule has 7 aromatic rings. The zero-order valence-electron chi connectivity index (χ0n) is 26.2. The monoisotopic (exact) mass is 627 g/mol. The highest BCUT2D eigenvalue weighted by atomic mass is 16.5. The minimum atomic E-state index is -0.370. The predicted molar refractivity (Wildman–Crippen MR) is 186 cm³/mol. The Morgan fingerprint density at radius 2 is 0.917 bits per heavy atom. The topological polar surface area (TPSA) is 100.0 Å². The van der Waals surface area contributed by atoms with Crippen LogP contribution < -0.4 is 9.47 Å². The van der Waals surface area contributed by atoms with Gasteiger partial charge in [0.25, 0.3) is 0 Å². The molecular weight excluding hydrogens is 598 g/mol. The van der Waals surface area contributed by atoms with Crippen LogP contribution in [0.15, 0.2) is 140 Å². The van der Waals surface area contributed by atoms with Gasteiger partial charge in [0.1, 0.15) is 17.1 Å². The van der Waals surface area contributed by atoms with Crippen LogP contribution in [0.1, 0.15) is 16.1 Å². The van der Waals surface area contributed by atoms with E-state index in [1.54, 1.807) is 19.2 Å². The van der Waals surface area contributed by atoms with Crippen molar-refractivity contribution < 1.29 is 14.3 Å². The number of rotatable bonds is 9. The summed E-state index contributed by atoms with van der Waals surface area (Å²) in [5.41, 5.74) is 7.55. The molecule has 0 aliphatic rings. The predicted octanol–water partition coefficient (Wildman–Crippen LogP) is 8.24. The number of benzene rings is 4. The molecule has 8 heteroatoms. The second kappa shape index (κ2) is 13.4. The lowest BCUT2D eigenvalue weighted by molar-refractivity contribution is 0.103. The molecule has 0 spiro atoms. The summed E-state index contributed by atoms with van der Waals surface area (Å²) in [4.78, 5) is 19.7. The van der Waals surface area contributed by atoms with Crippen LogP contribution in [0.3, 0.4) is 0 Å². The van der Waals surface area contributed by atoms with Gasteiger partial charge in [0.05, 0.1) is 31.0 Å². The molecule has 3 heterocycles. The molecule has 0 bridgehead atoms. The van der Waals surface area contributed by atoms with Crippen molar-refractivity contribution in [1.82, 2.24) is 25.4 Å². The second-order valence-corrected chi connectivity index (χ2v) is 10.8. The summed E-state index contributed by atoms with van der Waals surface area (Å²) in [5, 5.41) is 17.9. The van der Waals surface area contributed by atoms with Gasteiger partial charge in [0.2, 0.25) is 17.5 Å². The van der Waals surface area contributed by atoms with Gasteiger partial charge in [-0.15, -0.1) is 20.4 Å². The van der Waals surface area contributed by atoms with E-state index in [1.807, 2.05) is 127 Å². The highest BCUT2D eigenvalue weighted by Crippen LogP contribution is 2.43. The number of carbonyl (C=O) groups excluding carboxylic acids is 1. The highest BCUT2D eigenvalue weighted by molar-refractivity contribution is 6.15. The van der Waals surface area contributed by atoms with E-state index >= 15 is 0 Å². The lowest BCUT2D eigenvalue weighted by atomic mass is 9.92. The zero-order valence-corrected chi connectivity index (χ0v) is 26.2. The Hall–Kier alpha value is -6.54. The number of carbonyl (C=O) groups is 1. The summed E-state index contributed by atoms with van der Waals surface area (Å²) in [6, 6.07) is 44.4. The van der Waals surface area contributed by atoms with E-state index in [1.165, 1.54) is 7.11 Å². The second-order valence-electron chi connectivity index (χ2n) is 10.8. The lowest BCUT2D eigenvalue weighted by Gasteiger charge is -2.18. The van der Waals surface area contributed by atoms with Crippen molar-refractivity contribution >= 4 is 5.78 Å². The molecule has 3 aromatic heterocycles. The van der Waals surface area contributed by atoms with Gasteiger partial charge in [0.15, 0.2) is 0 Å². The van der Waals surface area contributed by atoms with Crippen molar-refractivity contribution in [3.05, 3.63) is 151 Å². The number of aromatic nitrogens is 5. The van der Waals surface area contributed by atoms with E-state index < -0.39 is 0 Å². The molecule has 232 valence electrons. The minimum Gasteiger partial charge on any atom is -0.479 e. The standard InChI is InChI=1S/C40H29N5O3/c1-47-39-34(32(26-16-7-3-8-17-26)36(42-44-39)28-20-11-5-12-21-28)30-24-15-25-31(41-30)38(46)35-33(27-18-9-4-10-19-27)37(43-45-40(35)48-2)29-22-13-6-14-23-29/h3-25H,1-2H3. The van der Waals surface area contributed by atoms with E-state index in [9.17, 15) is 4.79 Å². The molecule has 0 aliphatic carbocycles. The van der Waals surface area contributed by atoms with E-state index in [0.29, 0.717) is 28.2 Å². The van der Waals surface area contributed by atoms with Gasteiger partial charge in [-0.1, -0.05) is 127 Å². The molecular formula is C40H29N5O3. The molecule has 0 amide bonds. The Morgan fingerprint density at radius 1 is 0.458 bits per heavy atom.